The summed E-state index contributed by atoms with van der Waals surface area (Å²) in [6.07, 6.45) is 2.29. The van der Waals surface area contributed by atoms with Crippen molar-refractivity contribution in [2.24, 2.45) is 5.92 Å². The number of ether oxygens (including phenoxy) is 1. The van der Waals surface area contributed by atoms with E-state index in [0.717, 1.165) is 24.9 Å². The zero-order valence-electron chi connectivity index (χ0n) is 17.8. The number of cyclic esters (lactones) is 1. The highest BCUT2D eigenvalue weighted by atomic mass is 16.6. The molecule has 0 saturated carbocycles. The minimum absolute atomic E-state index is 0.101. The smallest absolute Gasteiger partial charge is 0.410 e. The first-order valence-corrected chi connectivity index (χ1v) is 10.7. The van der Waals surface area contributed by atoms with Crippen LogP contribution in [0.4, 0.5) is 4.79 Å². The van der Waals surface area contributed by atoms with Crippen LogP contribution in [-0.4, -0.2) is 68.6 Å². The molecule has 0 bridgehead atoms. The molecule has 0 radical (unpaired) electrons. The van der Waals surface area contributed by atoms with Crippen molar-refractivity contribution in [2.75, 3.05) is 19.7 Å². The average Bonchev–Trinajstić information content (AvgIpc) is 3.36. The highest BCUT2D eigenvalue weighted by Gasteiger charge is 2.42. The molecule has 0 aliphatic carbocycles. The maximum Gasteiger partial charge on any atom is 0.410 e. The monoisotopic (exact) mass is 411 g/mol. The number of amides is 2. The molecule has 8 heteroatoms. The van der Waals surface area contributed by atoms with E-state index in [0.29, 0.717) is 37.0 Å². The molecule has 8 nitrogen and oxygen atoms in total. The summed E-state index contributed by atoms with van der Waals surface area (Å²) in [6.45, 7) is 7.77. The van der Waals surface area contributed by atoms with Crippen molar-refractivity contribution in [1.29, 1.82) is 0 Å². The summed E-state index contributed by atoms with van der Waals surface area (Å²) in [5.41, 5.74) is 1.82. The average molecular weight is 412 g/mol. The molecule has 2 aromatic rings. The molecule has 2 fully saturated rings. The molecule has 0 unspecified atom stereocenters. The summed E-state index contributed by atoms with van der Waals surface area (Å²) < 4.78 is 5.34. The molecule has 3 heterocycles. The lowest BCUT2D eigenvalue weighted by molar-refractivity contribution is 0.0608. The van der Waals surface area contributed by atoms with Crippen molar-refractivity contribution in [3.8, 4) is 5.69 Å². The molecular formula is C22H29N5O3. The van der Waals surface area contributed by atoms with Gasteiger partial charge in [-0.3, -0.25) is 9.69 Å². The number of carbonyl (C=O) groups excluding carboxylic acids is 2. The van der Waals surface area contributed by atoms with Gasteiger partial charge >= 0.3 is 6.09 Å². The number of rotatable bonds is 5. The number of aromatic nitrogens is 3. The first kappa shape index (κ1) is 20.4. The second-order valence-corrected chi connectivity index (χ2v) is 8.22. The van der Waals surface area contributed by atoms with Crippen LogP contribution in [0.1, 0.15) is 49.3 Å². The van der Waals surface area contributed by atoms with Crippen LogP contribution in [0.25, 0.3) is 5.69 Å². The van der Waals surface area contributed by atoms with E-state index in [1.165, 1.54) is 4.80 Å². The van der Waals surface area contributed by atoms with Crippen LogP contribution in [0.3, 0.4) is 0 Å². The maximum atomic E-state index is 13.1. The van der Waals surface area contributed by atoms with E-state index in [-0.39, 0.29) is 24.1 Å². The highest BCUT2D eigenvalue weighted by Crippen LogP contribution is 2.29. The zero-order chi connectivity index (χ0) is 21.3. The van der Waals surface area contributed by atoms with Gasteiger partial charge in [0, 0.05) is 19.1 Å². The Bertz CT molecular complexity index is 905. The molecule has 4 rings (SSSR count). The van der Waals surface area contributed by atoms with Crippen LogP contribution in [0.15, 0.2) is 30.3 Å². The lowest BCUT2D eigenvalue weighted by Crippen LogP contribution is -2.51. The van der Waals surface area contributed by atoms with Gasteiger partial charge in [0.2, 0.25) is 0 Å². The van der Waals surface area contributed by atoms with Crippen LogP contribution in [-0.2, 0) is 4.74 Å². The largest absolute Gasteiger partial charge is 0.447 e. The fraction of sp³-hybridized carbons (Fsp3) is 0.545. The van der Waals surface area contributed by atoms with Gasteiger partial charge in [0.15, 0.2) is 5.69 Å². The van der Waals surface area contributed by atoms with E-state index in [4.69, 9.17) is 4.74 Å². The lowest BCUT2D eigenvalue weighted by Gasteiger charge is -2.39. The first-order valence-electron chi connectivity index (χ1n) is 10.7. The van der Waals surface area contributed by atoms with E-state index in [1.54, 1.807) is 0 Å². The molecule has 0 N–H and O–H groups in total. The van der Waals surface area contributed by atoms with Gasteiger partial charge in [-0.2, -0.15) is 9.90 Å². The Morgan fingerprint density at radius 3 is 2.57 bits per heavy atom. The fourth-order valence-corrected chi connectivity index (χ4v) is 4.33. The Balaban J connectivity index is 1.43. The molecular weight excluding hydrogens is 382 g/mol. The van der Waals surface area contributed by atoms with Gasteiger partial charge in [0.05, 0.1) is 17.4 Å². The molecule has 2 aliphatic rings. The molecule has 0 spiro atoms. The minimum atomic E-state index is -0.216. The molecule has 2 atom stereocenters. The summed E-state index contributed by atoms with van der Waals surface area (Å²) in [5.74, 6) is 0.294. The third-order valence-electron chi connectivity index (χ3n) is 6.36. The number of para-hydroxylation sites is 1. The predicted molar refractivity (Wildman–Crippen MR) is 111 cm³/mol. The topological polar surface area (TPSA) is 80.6 Å². The lowest BCUT2D eigenvalue weighted by atomic mass is 9.95. The molecule has 1 aromatic carbocycles. The molecule has 2 amide bonds. The predicted octanol–water partition coefficient (Wildman–Crippen LogP) is 3.05. The number of aryl methyl sites for hydroxylation is 1. The van der Waals surface area contributed by atoms with Gasteiger partial charge in [-0.15, -0.1) is 5.10 Å². The number of piperidine rings is 1. The number of likely N-dealkylation sites (tertiary alicyclic amines) is 1. The molecule has 2 aliphatic heterocycles. The van der Waals surface area contributed by atoms with Crippen molar-refractivity contribution < 1.29 is 14.3 Å². The van der Waals surface area contributed by atoms with Crippen molar-refractivity contribution in [1.82, 2.24) is 24.8 Å². The Labute approximate surface area is 176 Å². The fourth-order valence-electron chi connectivity index (χ4n) is 4.33. The number of hydrogen-bond acceptors (Lipinski definition) is 5. The Morgan fingerprint density at radius 2 is 1.90 bits per heavy atom. The van der Waals surface area contributed by atoms with Crippen molar-refractivity contribution in [2.45, 2.75) is 52.1 Å². The third-order valence-corrected chi connectivity index (χ3v) is 6.36. The standard InChI is InChI=1S/C22H29N5O3/c1-4-15(2)19-14-30-22(29)26(19)17-10-12-25(13-11-17)21(28)20-16(3)23-27(24-20)18-8-6-5-7-9-18/h5-9,15,17,19H,4,10-14H2,1-3H3/t15-,19-/m0/s1. The zero-order valence-corrected chi connectivity index (χ0v) is 17.8. The van der Waals surface area contributed by atoms with Gasteiger partial charge in [0.25, 0.3) is 5.91 Å². The summed E-state index contributed by atoms with van der Waals surface area (Å²) in [6, 6.07) is 9.81. The van der Waals surface area contributed by atoms with Gasteiger partial charge in [0.1, 0.15) is 6.61 Å². The van der Waals surface area contributed by atoms with Crippen LogP contribution in [0.5, 0.6) is 0 Å². The van der Waals surface area contributed by atoms with E-state index in [9.17, 15) is 9.59 Å². The van der Waals surface area contributed by atoms with Gasteiger partial charge in [-0.1, -0.05) is 38.5 Å². The number of hydrogen-bond donors (Lipinski definition) is 0. The Kier molecular flexibility index (Phi) is 5.74. The highest BCUT2D eigenvalue weighted by molar-refractivity contribution is 5.93. The van der Waals surface area contributed by atoms with Crippen LogP contribution < -0.4 is 0 Å². The maximum absolute atomic E-state index is 13.1. The Hall–Kier alpha value is -2.90. The van der Waals surface area contributed by atoms with Gasteiger partial charge < -0.3 is 9.64 Å². The quantitative estimate of drug-likeness (QED) is 0.755. The van der Waals surface area contributed by atoms with E-state index >= 15 is 0 Å². The van der Waals surface area contributed by atoms with Crippen LogP contribution >= 0.6 is 0 Å². The summed E-state index contributed by atoms with van der Waals surface area (Å²) in [4.78, 5) is 30.7. The van der Waals surface area contributed by atoms with Gasteiger partial charge in [-0.25, -0.2) is 4.79 Å². The second-order valence-electron chi connectivity index (χ2n) is 8.22. The van der Waals surface area contributed by atoms with Crippen molar-refractivity contribution >= 4 is 12.0 Å². The number of benzene rings is 1. The summed E-state index contributed by atoms with van der Waals surface area (Å²) >= 11 is 0. The molecule has 160 valence electrons. The van der Waals surface area contributed by atoms with Crippen molar-refractivity contribution in [3.63, 3.8) is 0 Å². The van der Waals surface area contributed by atoms with E-state index in [2.05, 4.69) is 24.0 Å². The van der Waals surface area contributed by atoms with Crippen LogP contribution in [0, 0.1) is 12.8 Å². The number of carbonyl (C=O) groups is 2. The summed E-state index contributed by atoms with van der Waals surface area (Å²) in [5, 5.41) is 8.85. The SMILES string of the molecule is CC[C@H](C)[C@@H]1COC(=O)N1C1CCN(C(=O)c2nn(-c3ccccc3)nc2C)CC1. The van der Waals surface area contributed by atoms with Gasteiger partial charge in [-0.05, 0) is 37.8 Å². The van der Waals surface area contributed by atoms with E-state index in [1.807, 2.05) is 47.1 Å². The van der Waals surface area contributed by atoms with E-state index < -0.39 is 0 Å². The van der Waals surface area contributed by atoms with Crippen molar-refractivity contribution in [3.05, 3.63) is 41.7 Å². The molecule has 30 heavy (non-hydrogen) atoms. The third kappa shape index (κ3) is 3.78. The minimum Gasteiger partial charge on any atom is -0.447 e. The second kappa shape index (κ2) is 8.45. The normalized spacial score (nSPS) is 21.0. The summed E-state index contributed by atoms with van der Waals surface area (Å²) in [7, 11) is 0. The first-order chi connectivity index (χ1) is 14.5. The molecule has 1 aromatic heterocycles. The molecule has 2 saturated heterocycles. The Morgan fingerprint density at radius 1 is 1.20 bits per heavy atom. The van der Waals surface area contributed by atoms with Crippen LogP contribution in [0.2, 0.25) is 0 Å². The number of nitrogens with zero attached hydrogens (tertiary/aromatic N) is 5.